The third kappa shape index (κ3) is 5.02. The highest BCUT2D eigenvalue weighted by Gasteiger charge is 2.16. The van der Waals surface area contributed by atoms with E-state index in [0.717, 1.165) is 22.8 Å². The van der Waals surface area contributed by atoms with E-state index in [0.29, 0.717) is 40.0 Å². The maximum absolute atomic E-state index is 13.3. The van der Waals surface area contributed by atoms with Gasteiger partial charge in [0.2, 0.25) is 5.89 Å². The van der Waals surface area contributed by atoms with E-state index in [4.69, 9.17) is 23.5 Å². The summed E-state index contributed by atoms with van der Waals surface area (Å²) in [5, 5.41) is 1.18. The van der Waals surface area contributed by atoms with E-state index >= 15 is 0 Å². The molecule has 8 heteroatoms. The van der Waals surface area contributed by atoms with Crippen molar-refractivity contribution in [2.45, 2.75) is 44.3 Å². The van der Waals surface area contributed by atoms with Gasteiger partial charge in [-0.2, -0.15) is 0 Å². The predicted molar refractivity (Wildman–Crippen MR) is 136 cm³/mol. The number of hydrogen-bond acceptors (Lipinski definition) is 7. The monoisotopic (exact) mass is 487 g/mol. The normalized spacial score (nSPS) is 11.4. The van der Waals surface area contributed by atoms with Crippen LogP contribution in [-0.4, -0.2) is 20.6 Å². The van der Waals surface area contributed by atoms with Crippen LogP contribution in [0.15, 0.2) is 85.7 Å². The first-order chi connectivity index (χ1) is 17.0. The number of ether oxygens (including phenoxy) is 1. The average molecular weight is 488 g/mol. The molecule has 0 aliphatic rings. The molecule has 0 unspecified atom stereocenters. The standard InChI is InChI=1S/C27H25N3O4S/c1-17(2)33-20-12-10-19(11-13-20)25-28-24(18(3)34-25)16-35-27-29-23-9-5-4-8-22(23)26(31)30(27)15-21-7-6-14-32-21/h4-14,17H,15-16H2,1-3H3. The summed E-state index contributed by atoms with van der Waals surface area (Å²) in [6, 6.07) is 18.7. The number of benzene rings is 2. The summed E-state index contributed by atoms with van der Waals surface area (Å²) < 4.78 is 18.8. The zero-order valence-corrected chi connectivity index (χ0v) is 20.5. The lowest BCUT2D eigenvalue weighted by Crippen LogP contribution is -2.23. The second-order valence-electron chi connectivity index (χ2n) is 8.38. The lowest BCUT2D eigenvalue weighted by Gasteiger charge is -2.11. The Bertz CT molecular complexity index is 1500. The third-order valence-corrected chi connectivity index (χ3v) is 6.41. The van der Waals surface area contributed by atoms with Crippen molar-refractivity contribution in [3.8, 4) is 17.2 Å². The lowest BCUT2D eigenvalue weighted by molar-refractivity contribution is 0.242. The third-order valence-electron chi connectivity index (χ3n) is 5.42. The molecule has 3 heterocycles. The van der Waals surface area contributed by atoms with Crippen molar-refractivity contribution in [3.63, 3.8) is 0 Å². The van der Waals surface area contributed by atoms with E-state index in [-0.39, 0.29) is 11.7 Å². The van der Waals surface area contributed by atoms with Crippen molar-refractivity contribution < 1.29 is 13.6 Å². The van der Waals surface area contributed by atoms with Crippen LogP contribution in [0.3, 0.4) is 0 Å². The summed E-state index contributed by atoms with van der Waals surface area (Å²) in [6.45, 7) is 6.19. The molecule has 0 radical (unpaired) electrons. The molecule has 0 aliphatic heterocycles. The maximum atomic E-state index is 13.3. The molecule has 0 aliphatic carbocycles. The van der Waals surface area contributed by atoms with Gasteiger partial charge in [0.15, 0.2) is 5.16 Å². The van der Waals surface area contributed by atoms with Gasteiger partial charge in [-0.1, -0.05) is 23.9 Å². The molecule has 3 aromatic heterocycles. The Morgan fingerprint density at radius 2 is 1.83 bits per heavy atom. The second-order valence-corrected chi connectivity index (χ2v) is 9.33. The summed E-state index contributed by atoms with van der Waals surface area (Å²) >= 11 is 1.45. The van der Waals surface area contributed by atoms with Crippen molar-refractivity contribution in [3.05, 3.63) is 94.5 Å². The van der Waals surface area contributed by atoms with Gasteiger partial charge in [-0.3, -0.25) is 9.36 Å². The zero-order valence-electron chi connectivity index (χ0n) is 19.7. The van der Waals surface area contributed by atoms with Gasteiger partial charge in [-0.25, -0.2) is 9.97 Å². The van der Waals surface area contributed by atoms with Crippen molar-refractivity contribution in [1.29, 1.82) is 0 Å². The first-order valence-electron chi connectivity index (χ1n) is 11.4. The van der Waals surface area contributed by atoms with Gasteiger partial charge in [0.05, 0.1) is 35.5 Å². The molecule has 0 bridgehead atoms. The van der Waals surface area contributed by atoms with Crippen LogP contribution in [0.4, 0.5) is 0 Å². The molecular formula is C27H25N3O4S. The van der Waals surface area contributed by atoms with Crippen molar-refractivity contribution in [1.82, 2.24) is 14.5 Å². The van der Waals surface area contributed by atoms with Crippen LogP contribution >= 0.6 is 11.8 Å². The van der Waals surface area contributed by atoms with Gasteiger partial charge in [0.1, 0.15) is 17.3 Å². The second kappa shape index (κ2) is 9.84. The number of para-hydroxylation sites is 1. The fraction of sp³-hybridized carbons (Fsp3) is 0.222. The van der Waals surface area contributed by atoms with E-state index in [1.54, 1.807) is 16.9 Å². The van der Waals surface area contributed by atoms with Crippen molar-refractivity contribution >= 4 is 22.7 Å². The molecule has 7 nitrogen and oxygen atoms in total. The Morgan fingerprint density at radius 1 is 1.03 bits per heavy atom. The summed E-state index contributed by atoms with van der Waals surface area (Å²) in [6.07, 6.45) is 1.71. The van der Waals surface area contributed by atoms with E-state index < -0.39 is 0 Å². The van der Waals surface area contributed by atoms with Crippen LogP contribution in [0.25, 0.3) is 22.4 Å². The molecule has 0 fully saturated rings. The minimum absolute atomic E-state index is 0.101. The van der Waals surface area contributed by atoms with Crippen molar-refractivity contribution in [2.24, 2.45) is 0 Å². The van der Waals surface area contributed by atoms with Gasteiger partial charge in [-0.05, 0) is 69.3 Å². The maximum Gasteiger partial charge on any atom is 0.262 e. The molecule has 2 aromatic carbocycles. The minimum atomic E-state index is -0.101. The van der Waals surface area contributed by atoms with Crippen LogP contribution in [0.2, 0.25) is 0 Å². The minimum Gasteiger partial charge on any atom is -0.491 e. The number of hydrogen-bond donors (Lipinski definition) is 0. The Hall–Kier alpha value is -3.78. The van der Waals surface area contributed by atoms with Crippen LogP contribution in [0.5, 0.6) is 5.75 Å². The molecule has 178 valence electrons. The number of aryl methyl sites for hydroxylation is 1. The number of nitrogens with zero attached hydrogens (tertiary/aromatic N) is 3. The fourth-order valence-electron chi connectivity index (χ4n) is 3.72. The molecule has 5 aromatic rings. The first kappa shape index (κ1) is 23.0. The molecule has 35 heavy (non-hydrogen) atoms. The molecule has 0 atom stereocenters. The van der Waals surface area contributed by atoms with E-state index in [1.807, 2.05) is 75.4 Å². The summed E-state index contributed by atoms with van der Waals surface area (Å²) in [5.41, 5.74) is 2.24. The van der Waals surface area contributed by atoms with E-state index in [9.17, 15) is 4.79 Å². The van der Waals surface area contributed by atoms with Gasteiger partial charge in [-0.15, -0.1) is 0 Å². The van der Waals surface area contributed by atoms with Crippen molar-refractivity contribution in [2.75, 3.05) is 0 Å². The van der Waals surface area contributed by atoms with Gasteiger partial charge in [0, 0.05) is 11.3 Å². The van der Waals surface area contributed by atoms with Crippen LogP contribution in [0, 0.1) is 6.92 Å². The Balaban J connectivity index is 1.41. The fourth-order valence-corrected chi connectivity index (χ4v) is 4.72. The highest BCUT2D eigenvalue weighted by molar-refractivity contribution is 7.98. The number of oxazole rings is 1. The topological polar surface area (TPSA) is 83.3 Å². The van der Waals surface area contributed by atoms with E-state index in [1.165, 1.54) is 11.8 Å². The molecular weight excluding hydrogens is 462 g/mol. The molecule has 0 amide bonds. The quantitative estimate of drug-likeness (QED) is 0.194. The van der Waals surface area contributed by atoms with Gasteiger partial charge >= 0.3 is 0 Å². The first-order valence-corrected chi connectivity index (χ1v) is 12.3. The Kier molecular flexibility index (Phi) is 6.46. The summed E-state index contributed by atoms with van der Waals surface area (Å²) in [7, 11) is 0. The molecule has 5 rings (SSSR count). The largest absolute Gasteiger partial charge is 0.491 e. The number of rotatable bonds is 8. The average Bonchev–Trinajstić information content (AvgIpc) is 3.49. The highest BCUT2D eigenvalue weighted by Crippen LogP contribution is 2.28. The van der Waals surface area contributed by atoms with Crippen LogP contribution in [-0.2, 0) is 12.3 Å². The molecule has 0 N–H and O–H groups in total. The van der Waals surface area contributed by atoms with Gasteiger partial charge in [0.25, 0.3) is 5.56 Å². The van der Waals surface area contributed by atoms with Crippen LogP contribution < -0.4 is 10.3 Å². The predicted octanol–water partition coefficient (Wildman–Crippen LogP) is 6.08. The molecule has 0 spiro atoms. The zero-order chi connectivity index (χ0) is 24.4. The highest BCUT2D eigenvalue weighted by atomic mass is 32.2. The SMILES string of the molecule is Cc1oc(-c2ccc(OC(C)C)cc2)nc1CSc1nc2ccccc2c(=O)n1Cc1ccco1. The van der Waals surface area contributed by atoms with E-state index in [2.05, 4.69) is 0 Å². The van der Waals surface area contributed by atoms with Gasteiger partial charge < -0.3 is 13.6 Å². The Morgan fingerprint density at radius 3 is 2.57 bits per heavy atom. The number of thioether (sulfide) groups is 1. The lowest BCUT2D eigenvalue weighted by atomic mass is 10.2. The number of aromatic nitrogens is 3. The summed E-state index contributed by atoms with van der Waals surface area (Å²) in [5.74, 6) is 3.28. The Labute approximate surface area is 206 Å². The van der Waals surface area contributed by atoms with Crippen LogP contribution in [0.1, 0.15) is 31.1 Å². The molecule has 0 saturated heterocycles. The number of furan rings is 1. The number of fused-ring (bicyclic) bond motifs is 1. The summed E-state index contributed by atoms with van der Waals surface area (Å²) in [4.78, 5) is 22.7. The molecule has 0 saturated carbocycles. The smallest absolute Gasteiger partial charge is 0.262 e.